The molecular weight excluding hydrogens is 272 g/mol. The minimum atomic E-state index is -1.17. The van der Waals surface area contributed by atoms with Gasteiger partial charge < -0.3 is 19.7 Å². The molecule has 0 unspecified atom stereocenters. The van der Waals surface area contributed by atoms with E-state index in [2.05, 4.69) is 0 Å². The van der Waals surface area contributed by atoms with Crippen molar-refractivity contribution in [3.63, 3.8) is 0 Å². The zero-order valence-electron chi connectivity index (χ0n) is 11.6. The fourth-order valence-electron chi connectivity index (χ4n) is 1.86. The number of aromatic hydroxyl groups is 1. The first kappa shape index (κ1) is 14.7. The summed E-state index contributed by atoms with van der Waals surface area (Å²) in [5.74, 6) is -0.235. The van der Waals surface area contributed by atoms with Gasteiger partial charge in [-0.3, -0.25) is 0 Å². The number of carbonyl (C=O) groups is 1. The van der Waals surface area contributed by atoms with Gasteiger partial charge >= 0.3 is 5.97 Å². The van der Waals surface area contributed by atoms with Crippen LogP contribution in [0.25, 0.3) is 0 Å². The Morgan fingerprint density at radius 1 is 1.10 bits per heavy atom. The summed E-state index contributed by atoms with van der Waals surface area (Å²) in [7, 11) is 1.62. The lowest BCUT2D eigenvalue weighted by atomic mass is 10.1. The van der Waals surface area contributed by atoms with Crippen LogP contribution in [0, 0.1) is 0 Å². The van der Waals surface area contributed by atoms with Gasteiger partial charge in [-0.25, -0.2) is 4.79 Å². The van der Waals surface area contributed by atoms with Crippen LogP contribution >= 0.6 is 0 Å². The Labute approximate surface area is 122 Å². The van der Waals surface area contributed by atoms with E-state index in [4.69, 9.17) is 14.6 Å². The second-order valence-electron chi connectivity index (χ2n) is 4.43. The summed E-state index contributed by atoms with van der Waals surface area (Å²) in [6.45, 7) is 0.429. The van der Waals surface area contributed by atoms with E-state index < -0.39 is 5.97 Å². The van der Waals surface area contributed by atoms with Crippen LogP contribution in [-0.4, -0.2) is 29.9 Å². The molecular formula is C16H16O5. The summed E-state index contributed by atoms with van der Waals surface area (Å²) in [5.41, 5.74) is 0.958. The number of carboxylic acids is 1. The van der Waals surface area contributed by atoms with Crippen LogP contribution in [0.3, 0.4) is 0 Å². The van der Waals surface area contributed by atoms with Gasteiger partial charge in [0.1, 0.15) is 22.8 Å². The fraction of sp³-hybridized carbons (Fsp3) is 0.188. The second-order valence-corrected chi connectivity index (χ2v) is 4.43. The quantitative estimate of drug-likeness (QED) is 0.854. The maximum Gasteiger partial charge on any atom is 0.339 e. The Morgan fingerprint density at radius 3 is 2.33 bits per heavy atom. The van der Waals surface area contributed by atoms with Crippen molar-refractivity contribution in [2.75, 3.05) is 13.7 Å². The van der Waals surface area contributed by atoms with Gasteiger partial charge in [-0.15, -0.1) is 0 Å². The lowest BCUT2D eigenvalue weighted by Crippen LogP contribution is -2.02. The molecule has 2 aromatic rings. The summed E-state index contributed by atoms with van der Waals surface area (Å²) in [4.78, 5) is 10.8. The molecule has 0 fully saturated rings. The van der Waals surface area contributed by atoms with E-state index >= 15 is 0 Å². The second kappa shape index (κ2) is 6.65. The van der Waals surface area contributed by atoms with E-state index in [1.54, 1.807) is 7.11 Å². The molecule has 0 aliphatic heterocycles. The third-order valence-corrected chi connectivity index (χ3v) is 3.02. The SMILES string of the molecule is COc1ccc(CCOc2ccc(C(=O)O)c(O)c2)cc1. The van der Waals surface area contributed by atoms with Gasteiger partial charge in [0, 0.05) is 12.5 Å². The molecule has 0 aliphatic rings. The number of hydrogen-bond acceptors (Lipinski definition) is 4. The van der Waals surface area contributed by atoms with Crippen LogP contribution < -0.4 is 9.47 Å². The molecule has 0 heterocycles. The summed E-state index contributed by atoms with van der Waals surface area (Å²) >= 11 is 0. The Hall–Kier alpha value is -2.69. The summed E-state index contributed by atoms with van der Waals surface area (Å²) in [6.07, 6.45) is 0.700. The van der Waals surface area contributed by atoms with E-state index in [1.807, 2.05) is 24.3 Å². The van der Waals surface area contributed by atoms with Crippen molar-refractivity contribution in [2.45, 2.75) is 6.42 Å². The van der Waals surface area contributed by atoms with Crippen LogP contribution in [0.5, 0.6) is 17.2 Å². The molecule has 2 aromatic carbocycles. The molecule has 2 rings (SSSR count). The molecule has 110 valence electrons. The highest BCUT2D eigenvalue weighted by atomic mass is 16.5. The summed E-state index contributed by atoms with van der Waals surface area (Å²) in [6, 6.07) is 11.8. The topological polar surface area (TPSA) is 76.0 Å². The minimum Gasteiger partial charge on any atom is -0.507 e. The number of hydrogen-bond donors (Lipinski definition) is 2. The van der Waals surface area contributed by atoms with E-state index in [0.29, 0.717) is 18.8 Å². The summed E-state index contributed by atoms with van der Waals surface area (Å²) in [5, 5.41) is 18.4. The maximum atomic E-state index is 10.8. The van der Waals surface area contributed by atoms with Crippen molar-refractivity contribution in [1.29, 1.82) is 0 Å². The van der Waals surface area contributed by atoms with Crippen molar-refractivity contribution in [3.05, 3.63) is 53.6 Å². The molecule has 0 spiro atoms. The Balaban J connectivity index is 1.91. The molecule has 0 amide bonds. The van der Waals surface area contributed by atoms with Crippen LogP contribution in [0.4, 0.5) is 0 Å². The molecule has 0 aromatic heterocycles. The van der Waals surface area contributed by atoms with E-state index in [0.717, 1.165) is 11.3 Å². The number of ether oxygens (including phenoxy) is 2. The Bertz CT molecular complexity index is 619. The molecule has 0 saturated heterocycles. The summed E-state index contributed by atoms with van der Waals surface area (Å²) < 4.78 is 10.6. The smallest absolute Gasteiger partial charge is 0.339 e. The standard InChI is InChI=1S/C16H16O5/c1-20-12-4-2-11(3-5-12)8-9-21-13-6-7-14(16(18)19)15(17)10-13/h2-7,10,17H,8-9H2,1H3,(H,18,19). The molecule has 0 saturated carbocycles. The average Bonchev–Trinajstić information content (AvgIpc) is 2.47. The predicted molar refractivity (Wildman–Crippen MR) is 77.3 cm³/mol. The molecule has 0 atom stereocenters. The number of benzene rings is 2. The maximum absolute atomic E-state index is 10.8. The zero-order valence-corrected chi connectivity index (χ0v) is 11.6. The van der Waals surface area contributed by atoms with Crippen molar-refractivity contribution in [1.82, 2.24) is 0 Å². The van der Waals surface area contributed by atoms with Crippen LogP contribution in [0.2, 0.25) is 0 Å². The molecule has 21 heavy (non-hydrogen) atoms. The molecule has 0 radical (unpaired) electrons. The Morgan fingerprint density at radius 2 is 1.76 bits per heavy atom. The molecule has 5 nitrogen and oxygen atoms in total. The van der Waals surface area contributed by atoms with Gasteiger partial charge in [0.05, 0.1) is 13.7 Å². The van der Waals surface area contributed by atoms with Crippen LogP contribution in [-0.2, 0) is 6.42 Å². The lowest BCUT2D eigenvalue weighted by Gasteiger charge is -2.08. The number of aromatic carboxylic acids is 1. The van der Waals surface area contributed by atoms with Crippen molar-refractivity contribution >= 4 is 5.97 Å². The first-order valence-electron chi connectivity index (χ1n) is 6.42. The minimum absolute atomic E-state index is 0.141. The number of methoxy groups -OCH3 is 1. The normalized spacial score (nSPS) is 10.1. The number of phenols is 1. The van der Waals surface area contributed by atoms with E-state index in [1.165, 1.54) is 18.2 Å². The average molecular weight is 288 g/mol. The molecule has 0 bridgehead atoms. The fourth-order valence-corrected chi connectivity index (χ4v) is 1.86. The van der Waals surface area contributed by atoms with Crippen LogP contribution in [0.15, 0.2) is 42.5 Å². The van der Waals surface area contributed by atoms with E-state index in [-0.39, 0.29) is 11.3 Å². The number of carboxylic acid groups (broad SMARTS) is 1. The molecule has 0 aliphatic carbocycles. The van der Waals surface area contributed by atoms with Gasteiger partial charge in [0.15, 0.2) is 0 Å². The molecule has 2 N–H and O–H groups in total. The van der Waals surface area contributed by atoms with Crippen molar-refractivity contribution in [2.24, 2.45) is 0 Å². The zero-order chi connectivity index (χ0) is 15.2. The monoisotopic (exact) mass is 288 g/mol. The van der Waals surface area contributed by atoms with Gasteiger partial charge in [0.25, 0.3) is 0 Å². The van der Waals surface area contributed by atoms with Gasteiger partial charge in [-0.05, 0) is 29.8 Å². The van der Waals surface area contributed by atoms with Crippen LogP contribution in [0.1, 0.15) is 15.9 Å². The number of rotatable bonds is 6. The van der Waals surface area contributed by atoms with Gasteiger partial charge in [-0.1, -0.05) is 12.1 Å². The van der Waals surface area contributed by atoms with Gasteiger partial charge in [-0.2, -0.15) is 0 Å². The first-order valence-corrected chi connectivity index (χ1v) is 6.42. The molecule has 5 heteroatoms. The largest absolute Gasteiger partial charge is 0.507 e. The highest BCUT2D eigenvalue weighted by Gasteiger charge is 2.10. The van der Waals surface area contributed by atoms with Gasteiger partial charge in [0.2, 0.25) is 0 Å². The first-order chi connectivity index (χ1) is 10.1. The van der Waals surface area contributed by atoms with Crippen molar-refractivity contribution < 1.29 is 24.5 Å². The lowest BCUT2D eigenvalue weighted by molar-refractivity contribution is 0.0693. The van der Waals surface area contributed by atoms with Crippen molar-refractivity contribution in [3.8, 4) is 17.2 Å². The van der Waals surface area contributed by atoms with E-state index in [9.17, 15) is 9.90 Å². The predicted octanol–water partition coefficient (Wildman–Crippen LogP) is 2.72. The highest BCUT2D eigenvalue weighted by molar-refractivity contribution is 5.90. The third kappa shape index (κ3) is 3.89. The third-order valence-electron chi connectivity index (χ3n) is 3.02. The Kier molecular flexibility index (Phi) is 4.66. The highest BCUT2D eigenvalue weighted by Crippen LogP contribution is 2.23.